The number of aromatic hydroxyl groups is 3. The molecule has 498 valence electrons. The number of benzene rings is 9. The largest absolute Gasteiger partial charge is 0.506 e. The fourth-order valence-corrected chi connectivity index (χ4v) is 16.1. The van der Waals surface area contributed by atoms with Crippen molar-refractivity contribution >= 4 is 133 Å². The van der Waals surface area contributed by atoms with E-state index >= 15 is 0 Å². The molecule has 95 heavy (non-hydrogen) atoms. The molecule has 3 aliphatic rings. The lowest BCUT2D eigenvalue weighted by molar-refractivity contribution is -0.134. The third kappa shape index (κ3) is 18.2. The zero-order valence-electron chi connectivity index (χ0n) is 50.8. The smallest absolute Gasteiger partial charge is 0.313 e. The average molecular weight is 1410 g/mol. The van der Waals surface area contributed by atoms with Gasteiger partial charge >= 0.3 is 17.9 Å². The van der Waals surface area contributed by atoms with Gasteiger partial charge in [-0.05, 0) is 137 Å². The number of anilines is 3. The number of hydrogen-bond acceptors (Lipinski definition) is 18. The van der Waals surface area contributed by atoms with Gasteiger partial charge in [0.25, 0.3) is 30.1 Å². The number of nitrogens with one attached hydrogen (secondary N) is 3. The first-order chi connectivity index (χ1) is 45.5. The maximum atomic E-state index is 13.2. The van der Waals surface area contributed by atoms with Gasteiger partial charge in [0.2, 0.25) is 0 Å². The molecule has 0 aromatic heterocycles. The molecule has 9 aromatic carbocycles. The first-order valence-corrected chi connectivity index (χ1v) is 37.5. The van der Waals surface area contributed by atoms with E-state index in [1.807, 2.05) is 0 Å². The van der Waals surface area contributed by atoms with E-state index in [9.17, 15) is 55.0 Å². The molecule has 12 rings (SSSR count). The highest BCUT2D eigenvalue weighted by Gasteiger charge is 2.26. The topological polar surface area (TPSA) is 339 Å². The van der Waals surface area contributed by atoms with Gasteiger partial charge in [0, 0.05) is 44.5 Å². The number of carbonyl (C=O) groups is 3. The summed E-state index contributed by atoms with van der Waals surface area (Å²) >= 11 is 2.76. The van der Waals surface area contributed by atoms with Crippen LogP contribution >= 0.6 is 35.3 Å². The van der Waals surface area contributed by atoms with Crippen LogP contribution in [-0.4, -0.2) is 110 Å². The molecule has 3 aliphatic carbocycles. The van der Waals surface area contributed by atoms with E-state index in [0.29, 0.717) is 62.1 Å². The zero-order chi connectivity index (χ0) is 67.4. The zero-order valence-corrected chi connectivity index (χ0v) is 55.7. The quantitative estimate of drug-likeness (QED) is 0.0190. The average Bonchev–Trinajstić information content (AvgIpc) is 1.56. The number of ether oxygens (including phenoxy) is 3. The summed E-state index contributed by atoms with van der Waals surface area (Å²) in [6.45, 7) is 0.573. The number of phenolic OH excluding ortho intramolecular Hbond substituents is 3. The number of sulfonamides is 3. The molecule has 0 spiro atoms. The summed E-state index contributed by atoms with van der Waals surface area (Å²) in [6.07, 6.45) is 11.0. The van der Waals surface area contributed by atoms with Crippen molar-refractivity contribution in [2.45, 2.75) is 106 Å². The number of carboxylic acids is 3. The second-order valence-corrected chi connectivity index (χ2v) is 30.6. The van der Waals surface area contributed by atoms with E-state index in [1.54, 1.807) is 109 Å². The van der Waals surface area contributed by atoms with Crippen LogP contribution < -0.4 is 28.4 Å². The van der Waals surface area contributed by atoms with Gasteiger partial charge in [0.05, 0.1) is 82.5 Å². The minimum atomic E-state index is -3.96. The van der Waals surface area contributed by atoms with Crippen LogP contribution in [0.5, 0.6) is 34.5 Å². The molecule has 27 heteroatoms. The molecule has 0 bridgehead atoms. The predicted octanol–water partition coefficient (Wildman–Crippen LogP) is 14.0. The van der Waals surface area contributed by atoms with E-state index in [1.165, 1.54) is 54.6 Å². The minimum Gasteiger partial charge on any atom is -0.506 e. The Morgan fingerprint density at radius 1 is 0.389 bits per heavy atom. The van der Waals surface area contributed by atoms with Crippen molar-refractivity contribution in [3.8, 4) is 34.5 Å². The number of rotatable bonds is 25. The van der Waals surface area contributed by atoms with E-state index in [-0.39, 0.29) is 93.2 Å². The standard InChI is InChI=1S/2C23H23NO6S2.C22H21NO6S2/c25-22(26)14-31-21-13-20(18-10-3-4-11-19(18)23(21)27)24-32(28,29)17-9-5-8-16(12-17)30-15-6-1-2-7-15;25-22(26)14-31-21-13-20(18-7-3-4-8-19(18)23(21)27)24-32(28,29)17-11-9-16(10-12-17)30-15-5-1-2-6-15;24-21(25)13-30-20-11-19(17-6-1-2-7-18(17)22(20)26)23-31(27,28)16-5-3-4-15(10-16)29-12-14-8-9-14/h3-5,8-13,15,24,27H,1-2,6-7,14H2,(H,25,26);3-4,7-13,15,24,27H,1-2,5-6,14H2,(H,25,26);1-7,10-11,14,23,26H,8-9,12-13H2,(H,24,25). The van der Waals surface area contributed by atoms with E-state index in [0.717, 1.165) is 99.5 Å². The Morgan fingerprint density at radius 3 is 1.09 bits per heavy atom. The van der Waals surface area contributed by atoms with Crippen molar-refractivity contribution in [3.63, 3.8) is 0 Å². The Morgan fingerprint density at radius 2 is 0.726 bits per heavy atom. The number of aliphatic carboxylic acids is 3. The summed E-state index contributed by atoms with van der Waals surface area (Å²) in [4.78, 5) is 33.9. The molecule has 0 heterocycles. The van der Waals surface area contributed by atoms with Crippen LogP contribution in [0.2, 0.25) is 0 Å². The summed E-state index contributed by atoms with van der Waals surface area (Å²) in [6, 6.07) is 43.7. The van der Waals surface area contributed by atoms with Crippen LogP contribution in [0.1, 0.15) is 64.2 Å². The van der Waals surface area contributed by atoms with Crippen molar-refractivity contribution < 1.29 is 84.5 Å². The van der Waals surface area contributed by atoms with E-state index in [2.05, 4.69) is 14.2 Å². The molecule has 3 fully saturated rings. The predicted molar refractivity (Wildman–Crippen MR) is 368 cm³/mol. The Bertz CT molecular complexity index is 4660. The highest BCUT2D eigenvalue weighted by Crippen LogP contribution is 2.44. The van der Waals surface area contributed by atoms with Gasteiger partial charge in [-0.2, -0.15) is 0 Å². The summed E-state index contributed by atoms with van der Waals surface area (Å²) in [7, 11) is -11.8. The first-order valence-electron chi connectivity index (χ1n) is 30.1. The fraction of sp³-hybridized carbons (Fsp3) is 0.250. The molecular formula is C68H67N3O18S6. The maximum Gasteiger partial charge on any atom is 0.313 e. The molecule has 0 radical (unpaired) electrons. The van der Waals surface area contributed by atoms with Crippen LogP contribution in [0.15, 0.2) is 193 Å². The van der Waals surface area contributed by atoms with Gasteiger partial charge in [-0.15, -0.1) is 35.3 Å². The Labute approximate surface area is 561 Å². The molecule has 0 aliphatic heterocycles. The molecule has 0 atom stereocenters. The lowest BCUT2D eigenvalue weighted by Gasteiger charge is -2.16. The summed E-state index contributed by atoms with van der Waals surface area (Å²) in [5.74, 6) is -1.98. The Balaban J connectivity index is 0.000000155. The van der Waals surface area contributed by atoms with Gasteiger partial charge in [-0.25, -0.2) is 25.3 Å². The Kier molecular flexibility index (Phi) is 22.4. The van der Waals surface area contributed by atoms with E-state index in [4.69, 9.17) is 29.5 Å². The first kappa shape index (κ1) is 69.1. The summed E-state index contributed by atoms with van der Waals surface area (Å²) < 4.78 is 104. The molecular weight excluding hydrogens is 1340 g/mol. The lowest BCUT2D eigenvalue weighted by Crippen LogP contribution is -2.15. The van der Waals surface area contributed by atoms with Gasteiger partial charge < -0.3 is 44.8 Å². The number of phenols is 3. The van der Waals surface area contributed by atoms with Crippen LogP contribution in [-0.2, 0) is 44.5 Å². The van der Waals surface area contributed by atoms with Crippen molar-refractivity contribution in [2.75, 3.05) is 38.0 Å². The van der Waals surface area contributed by atoms with Crippen LogP contribution in [0, 0.1) is 5.92 Å². The summed E-state index contributed by atoms with van der Waals surface area (Å²) in [5.41, 5.74) is 0.775. The van der Waals surface area contributed by atoms with Crippen LogP contribution in [0.4, 0.5) is 17.1 Å². The lowest BCUT2D eigenvalue weighted by atomic mass is 10.1. The monoisotopic (exact) mass is 1410 g/mol. The normalized spacial score (nSPS) is 14.3. The number of fused-ring (bicyclic) bond motifs is 3. The second-order valence-electron chi connectivity index (χ2n) is 22.5. The SMILES string of the molecule is O=C(O)CSc1cc(NS(=O)(=O)c2ccc(OC3CCCC3)cc2)c2ccccc2c1O.O=C(O)CSc1cc(NS(=O)(=O)c2cccc(OC3CCCC3)c2)c2ccccc2c1O.O=C(O)CSc1cc(NS(=O)(=O)c2cccc(OCC3CC3)c2)c2ccccc2c1O. The van der Waals surface area contributed by atoms with Gasteiger partial charge in [0.1, 0.15) is 34.5 Å². The molecule has 21 nitrogen and oxygen atoms in total. The minimum absolute atomic E-state index is 0.0534. The molecule has 3 saturated carbocycles. The van der Waals surface area contributed by atoms with Crippen molar-refractivity contribution in [1.82, 2.24) is 0 Å². The third-order valence-corrected chi connectivity index (χ3v) is 22.6. The number of carboxylic acid groups (broad SMARTS) is 3. The Hall–Kier alpha value is -8.73. The van der Waals surface area contributed by atoms with Gasteiger partial charge in [0.15, 0.2) is 0 Å². The third-order valence-electron chi connectivity index (χ3n) is 15.5. The van der Waals surface area contributed by atoms with E-state index < -0.39 is 48.0 Å². The number of hydrogen-bond donors (Lipinski definition) is 9. The molecule has 0 saturated heterocycles. The molecule has 9 N–H and O–H groups in total. The van der Waals surface area contributed by atoms with Crippen LogP contribution in [0.3, 0.4) is 0 Å². The second kappa shape index (κ2) is 30.8. The van der Waals surface area contributed by atoms with Gasteiger partial charge in [-0.1, -0.05) is 84.9 Å². The molecule has 9 aromatic rings. The number of thioether (sulfide) groups is 3. The molecule has 0 amide bonds. The van der Waals surface area contributed by atoms with Crippen LogP contribution in [0.25, 0.3) is 32.3 Å². The highest BCUT2D eigenvalue weighted by atomic mass is 32.2. The van der Waals surface area contributed by atoms with Crippen molar-refractivity contribution in [2.24, 2.45) is 5.92 Å². The fourth-order valence-electron chi connectivity index (χ4n) is 10.7. The molecule has 0 unspecified atom stereocenters. The van der Waals surface area contributed by atoms with Gasteiger partial charge in [-0.3, -0.25) is 28.5 Å². The van der Waals surface area contributed by atoms with Crippen molar-refractivity contribution in [1.29, 1.82) is 0 Å². The van der Waals surface area contributed by atoms with Crippen molar-refractivity contribution in [3.05, 3.63) is 164 Å². The highest BCUT2D eigenvalue weighted by molar-refractivity contribution is 8.00. The maximum absolute atomic E-state index is 13.2. The summed E-state index contributed by atoms with van der Waals surface area (Å²) in [5, 5.41) is 61.4.